The molecule has 0 unspecified atom stereocenters. The largest absolute Gasteiger partial charge is 0.326 e. The second kappa shape index (κ2) is 8.92. The number of para-hydroxylation sites is 2. The molecule has 3 aromatic rings. The summed E-state index contributed by atoms with van der Waals surface area (Å²) in [5.41, 5.74) is 0.418. The molecule has 0 atom stereocenters. The summed E-state index contributed by atoms with van der Waals surface area (Å²) in [5.74, 6) is -1.28. The maximum absolute atomic E-state index is 13.9. The number of carbonyl (C=O) groups is 1. The van der Waals surface area contributed by atoms with Gasteiger partial charge in [-0.25, -0.2) is 12.8 Å². The van der Waals surface area contributed by atoms with E-state index in [1.54, 1.807) is 13.0 Å². The Labute approximate surface area is 177 Å². The number of carbonyl (C=O) groups excluding carboxylic acids is 1. The van der Waals surface area contributed by atoms with Gasteiger partial charge in [0.25, 0.3) is 15.7 Å². The maximum atomic E-state index is 13.9. The maximum Gasteiger partial charge on any atom is 0.273 e. The number of amides is 1. The molecule has 0 aromatic heterocycles. The summed E-state index contributed by atoms with van der Waals surface area (Å²) < 4.78 is 41.6. The zero-order valence-electron chi connectivity index (χ0n) is 16.3. The molecule has 0 radical (unpaired) electrons. The Balaban J connectivity index is 1.82. The fourth-order valence-corrected chi connectivity index (χ4v) is 4.27. The van der Waals surface area contributed by atoms with E-state index in [1.165, 1.54) is 54.6 Å². The van der Waals surface area contributed by atoms with Crippen molar-refractivity contribution in [1.82, 2.24) is 0 Å². The molecular formula is C21H18FN3O5S. The van der Waals surface area contributed by atoms with E-state index in [0.29, 0.717) is 5.56 Å². The number of rotatable bonds is 7. The molecule has 0 bridgehead atoms. The van der Waals surface area contributed by atoms with Gasteiger partial charge in [-0.15, -0.1) is 0 Å². The molecule has 2 N–H and O–H groups in total. The predicted octanol–water partition coefficient (Wildman–Crippen LogP) is 4.02. The van der Waals surface area contributed by atoms with E-state index in [1.807, 2.05) is 0 Å². The number of aryl methyl sites for hydroxylation is 1. The van der Waals surface area contributed by atoms with Crippen LogP contribution in [0, 0.1) is 22.9 Å². The average molecular weight is 443 g/mol. The van der Waals surface area contributed by atoms with Gasteiger partial charge in [0.15, 0.2) is 0 Å². The molecule has 0 heterocycles. The van der Waals surface area contributed by atoms with Crippen LogP contribution in [-0.2, 0) is 21.2 Å². The van der Waals surface area contributed by atoms with Crippen molar-refractivity contribution in [2.75, 3.05) is 10.0 Å². The third-order valence-electron chi connectivity index (χ3n) is 4.42. The zero-order valence-corrected chi connectivity index (χ0v) is 17.1. The van der Waals surface area contributed by atoms with Crippen LogP contribution in [0.5, 0.6) is 0 Å². The Morgan fingerprint density at radius 2 is 1.74 bits per heavy atom. The van der Waals surface area contributed by atoms with Crippen LogP contribution in [0.3, 0.4) is 0 Å². The molecule has 0 saturated heterocycles. The number of halogens is 1. The summed E-state index contributed by atoms with van der Waals surface area (Å²) >= 11 is 0. The molecule has 1 amide bonds. The number of sulfonamides is 1. The Morgan fingerprint density at radius 3 is 2.45 bits per heavy atom. The van der Waals surface area contributed by atoms with Gasteiger partial charge in [0.05, 0.1) is 21.9 Å². The molecule has 10 heteroatoms. The first-order valence-electron chi connectivity index (χ1n) is 9.07. The van der Waals surface area contributed by atoms with E-state index in [9.17, 15) is 27.7 Å². The van der Waals surface area contributed by atoms with Crippen molar-refractivity contribution in [3.63, 3.8) is 0 Å². The van der Waals surface area contributed by atoms with Crippen LogP contribution in [0.4, 0.5) is 21.5 Å². The third-order valence-corrected chi connectivity index (χ3v) is 5.93. The molecule has 0 aliphatic carbocycles. The number of nitro benzene ring substituents is 1. The second-order valence-electron chi connectivity index (χ2n) is 6.68. The van der Waals surface area contributed by atoms with Gasteiger partial charge < -0.3 is 5.32 Å². The predicted molar refractivity (Wildman–Crippen MR) is 114 cm³/mol. The number of hydrogen-bond acceptors (Lipinski definition) is 5. The van der Waals surface area contributed by atoms with E-state index in [2.05, 4.69) is 10.0 Å². The van der Waals surface area contributed by atoms with Gasteiger partial charge >= 0.3 is 0 Å². The first-order chi connectivity index (χ1) is 14.7. The SMILES string of the molecule is Cc1ccc(NC(=O)Cc2ccccc2[N+](=O)[O-])cc1S(=O)(=O)Nc1ccccc1F. The quantitative estimate of drug-likeness (QED) is 0.422. The number of nitrogens with one attached hydrogen (secondary N) is 2. The van der Waals surface area contributed by atoms with Gasteiger partial charge in [0, 0.05) is 17.3 Å². The van der Waals surface area contributed by atoms with Crippen molar-refractivity contribution in [3.05, 3.63) is 93.8 Å². The molecule has 0 aliphatic rings. The van der Waals surface area contributed by atoms with Gasteiger partial charge in [-0.05, 0) is 36.8 Å². The van der Waals surface area contributed by atoms with Gasteiger partial charge in [-0.3, -0.25) is 19.6 Å². The van der Waals surface area contributed by atoms with Crippen molar-refractivity contribution >= 4 is 33.0 Å². The van der Waals surface area contributed by atoms with E-state index in [4.69, 9.17) is 0 Å². The van der Waals surface area contributed by atoms with Crippen molar-refractivity contribution in [2.24, 2.45) is 0 Å². The minimum Gasteiger partial charge on any atom is -0.326 e. The third kappa shape index (κ3) is 5.23. The van der Waals surface area contributed by atoms with Crippen molar-refractivity contribution < 1.29 is 22.5 Å². The Morgan fingerprint density at radius 1 is 1.06 bits per heavy atom. The Kier molecular flexibility index (Phi) is 6.30. The molecule has 160 valence electrons. The lowest BCUT2D eigenvalue weighted by Gasteiger charge is -2.13. The Bertz CT molecular complexity index is 1260. The molecule has 3 aromatic carbocycles. The highest BCUT2D eigenvalue weighted by Gasteiger charge is 2.20. The van der Waals surface area contributed by atoms with Crippen LogP contribution < -0.4 is 10.0 Å². The minimum atomic E-state index is -4.13. The van der Waals surface area contributed by atoms with E-state index < -0.39 is 26.7 Å². The zero-order chi connectivity index (χ0) is 22.6. The van der Waals surface area contributed by atoms with Gasteiger partial charge in [-0.2, -0.15) is 0 Å². The summed E-state index contributed by atoms with van der Waals surface area (Å²) in [7, 11) is -4.13. The normalized spacial score (nSPS) is 11.0. The van der Waals surface area contributed by atoms with Crippen LogP contribution in [0.15, 0.2) is 71.6 Å². The number of benzene rings is 3. The van der Waals surface area contributed by atoms with Gasteiger partial charge in [-0.1, -0.05) is 36.4 Å². The topological polar surface area (TPSA) is 118 Å². The molecule has 0 saturated carbocycles. The molecule has 0 aliphatic heterocycles. The van der Waals surface area contributed by atoms with Crippen LogP contribution in [0.25, 0.3) is 0 Å². The lowest BCUT2D eigenvalue weighted by Crippen LogP contribution is -2.18. The number of hydrogen-bond donors (Lipinski definition) is 2. The minimum absolute atomic E-state index is 0.140. The summed E-state index contributed by atoms with van der Waals surface area (Å²) in [6.45, 7) is 1.56. The molecule has 0 fully saturated rings. The second-order valence-corrected chi connectivity index (χ2v) is 8.33. The van der Waals surface area contributed by atoms with Crippen molar-refractivity contribution in [1.29, 1.82) is 0 Å². The molecular weight excluding hydrogens is 425 g/mol. The highest BCUT2D eigenvalue weighted by Crippen LogP contribution is 2.25. The van der Waals surface area contributed by atoms with E-state index >= 15 is 0 Å². The summed E-state index contributed by atoms with van der Waals surface area (Å²) in [5, 5.41) is 13.6. The first-order valence-corrected chi connectivity index (χ1v) is 10.6. The lowest BCUT2D eigenvalue weighted by atomic mass is 10.1. The fourth-order valence-electron chi connectivity index (χ4n) is 2.93. The van der Waals surface area contributed by atoms with Crippen LogP contribution in [-0.4, -0.2) is 19.2 Å². The molecule has 0 spiro atoms. The smallest absolute Gasteiger partial charge is 0.273 e. The highest BCUT2D eigenvalue weighted by atomic mass is 32.2. The van der Waals surface area contributed by atoms with E-state index in [0.717, 1.165) is 6.07 Å². The van der Waals surface area contributed by atoms with Crippen LogP contribution in [0.1, 0.15) is 11.1 Å². The molecule has 31 heavy (non-hydrogen) atoms. The molecule has 8 nitrogen and oxygen atoms in total. The summed E-state index contributed by atoms with van der Waals surface area (Å²) in [6.07, 6.45) is -0.263. The number of anilines is 2. The van der Waals surface area contributed by atoms with Crippen molar-refractivity contribution in [2.45, 2.75) is 18.2 Å². The fraction of sp³-hybridized carbons (Fsp3) is 0.0952. The summed E-state index contributed by atoms with van der Waals surface area (Å²) in [4.78, 5) is 22.8. The Hall–Kier alpha value is -3.79. The van der Waals surface area contributed by atoms with Gasteiger partial charge in [0.2, 0.25) is 5.91 Å². The van der Waals surface area contributed by atoms with E-state index in [-0.39, 0.29) is 33.9 Å². The standard InChI is InChI=1S/C21H18FN3O5S/c1-14-10-11-16(23-21(26)12-15-6-2-5-9-19(15)25(27)28)13-20(14)31(29,30)24-18-8-4-3-7-17(18)22/h2-11,13,24H,12H2,1H3,(H,23,26). The first kappa shape index (κ1) is 21.9. The number of nitrogens with zero attached hydrogens (tertiary/aromatic N) is 1. The van der Waals surface area contributed by atoms with Crippen LogP contribution in [0.2, 0.25) is 0 Å². The van der Waals surface area contributed by atoms with Crippen LogP contribution >= 0.6 is 0 Å². The summed E-state index contributed by atoms with van der Waals surface area (Å²) in [6, 6.07) is 15.5. The number of nitro groups is 1. The molecule has 3 rings (SSSR count). The van der Waals surface area contributed by atoms with Gasteiger partial charge in [0.1, 0.15) is 5.82 Å². The highest BCUT2D eigenvalue weighted by molar-refractivity contribution is 7.92. The average Bonchev–Trinajstić information content (AvgIpc) is 2.71. The lowest BCUT2D eigenvalue weighted by molar-refractivity contribution is -0.385. The van der Waals surface area contributed by atoms with Crippen molar-refractivity contribution in [3.8, 4) is 0 Å². The monoisotopic (exact) mass is 443 g/mol.